The molecule has 0 fully saturated rings. The highest BCUT2D eigenvalue weighted by atomic mass is 16.6. The predicted octanol–water partition coefficient (Wildman–Crippen LogP) is 0.126. The Morgan fingerprint density at radius 3 is 1.94 bits per heavy atom. The fourth-order valence-electron chi connectivity index (χ4n) is 1.25. The van der Waals surface area contributed by atoms with E-state index in [4.69, 9.17) is 19.5 Å². The van der Waals surface area contributed by atoms with Crippen molar-refractivity contribution in [2.45, 2.75) is 38.9 Å². The highest BCUT2D eigenvalue weighted by Crippen LogP contribution is 2.08. The molecule has 0 aliphatic carbocycles. The Labute approximate surface area is 101 Å². The van der Waals surface area contributed by atoms with Gasteiger partial charge in [-0.15, -0.1) is 0 Å². The Bertz CT molecular complexity index is 215. The number of carbonyl (C=O) groups is 2. The number of aliphatic hydroxyl groups is 2. The maximum Gasteiger partial charge on any atom is 0.598 e. The molecule has 98 valence electrons. The van der Waals surface area contributed by atoms with Crippen molar-refractivity contribution in [1.29, 1.82) is 0 Å². The van der Waals surface area contributed by atoms with E-state index in [1.807, 2.05) is 0 Å². The average molecular weight is 246 g/mol. The van der Waals surface area contributed by atoms with Gasteiger partial charge in [-0.3, -0.25) is 9.59 Å². The first-order valence-electron chi connectivity index (χ1n) is 5.74. The first-order valence-corrected chi connectivity index (χ1v) is 5.74. The van der Waals surface area contributed by atoms with E-state index >= 15 is 0 Å². The minimum atomic E-state index is -1.02. The Morgan fingerprint density at radius 1 is 1.00 bits per heavy atom. The van der Waals surface area contributed by atoms with Gasteiger partial charge in [0, 0.05) is 6.32 Å². The Morgan fingerprint density at radius 2 is 1.53 bits per heavy atom. The molecular weight excluding hydrogens is 227 g/mol. The molecule has 0 rings (SSSR count). The Kier molecular flexibility index (Phi) is 9.46. The van der Waals surface area contributed by atoms with E-state index in [0.717, 1.165) is 25.7 Å². The van der Waals surface area contributed by atoms with E-state index in [1.165, 1.54) is 0 Å². The third-order valence-corrected chi connectivity index (χ3v) is 2.08. The quantitative estimate of drug-likeness (QED) is 0.443. The maximum absolute atomic E-state index is 10.9. The van der Waals surface area contributed by atoms with Crippen molar-refractivity contribution in [1.82, 2.24) is 0 Å². The van der Waals surface area contributed by atoms with Crippen molar-refractivity contribution in [3.63, 3.8) is 0 Å². The summed E-state index contributed by atoms with van der Waals surface area (Å²) in [5.41, 5.74) is 0. The van der Waals surface area contributed by atoms with E-state index in [9.17, 15) is 9.59 Å². The van der Waals surface area contributed by atoms with Crippen molar-refractivity contribution in [3.05, 3.63) is 0 Å². The van der Waals surface area contributed by atoms with Gasteiger partial charge in [-0.1, -0.05) is 32.6 Å². The summed E-state index contributed by atoms with van der Waals surface area (Å²) in [6.45, 7) is 0.541. The zero-order valence-electron chi connectivity index (χ0n) is 10.1. The van der Waals surface area contributed by atoms with Gasteiger partial charge in [-0.2, -0.15) is 0 Å². The third-order valence-electron chi connectivity index (χ3n) is 2.08. The summed E-state index contributed by atoms with van der Waals surface area (Å²) >= 11 is 0. The summed E-state index contributed by atoms with van der Waals surface area (Å²) < 4.78 is 9.42. The maximum atomic E-state index is 10.9. The lowest BCUT2D eigenvalue weighted by Crippen LogP contribution is -2.31. The molecular formula is C10H19BO6. The second-order valence-corrected chi connectivity index (χ2v) is 3.57. The molecule has 0 saturated carbocycles. The van der Waals surface area contributed by atoms with Gasteiger partial charge < -0.3 is 19.5 Å². The fraction of sp³-hybridized carbons (Fsp3) is 0.800. The average Bonchev–Trinajstić information content (AvgIpc) is 2.33. The Balaban J connectivity index is 4.01. The summed E-state index contributed by atoms with van der Waals surface area (Å²) in [6.07, 6.45) is 4.18. The summed E-state index contributed by atoms with van der Waals surface area (Å²) in [4.78, 5) is 21.7. The Hall–Kier alpha value is -1.08. The van der Waals surface area contributed by atoms with E-state index in [1.54, 1.807) is 0 Å². The van der Waals surface area contributed by atoms with Gasteiger partial charge in [-0.25, -0.2) is 0 Å². The number of hydrogen-bond donors (Lipinski definition) is 2. The summed E-state index contributed by atoms with van der Waals surface area (Å²) in [5, 5.41) is 17.0. The van der Waals surface area contributed by atoms with Crippen LogP contribution in [0.1, 0.15) is 32.6 Å². The molecule has 6 nitrogen and oxygen atoms in total. The van der Waals surface area contributed by atoms with Gasteiger partial charge in [0.15, 0.2) is 0 Å². The number of rotatable bonds is 9. The van der Waals surface area contributed by atoms with Gasteiger partial charge in [-0.05, 0) is 0 Å². The van der Waals surface area contributed by atoms with Gasteiger partial charge in [0.25, 0.3) is 0 Å². The lowest BCUT2D eigenvalue weighted by molar-refractivity contribution is -0.143. The van der Waals surface area contributed by atoms with E-state index in [0.29, 0.717) is 6.32 Å². The highest BCUT2D eigenvalue weighted by Gasteiger charge is 2.26. The van der Waals surface area contributed by atoms with Gasteiger partial charge in [0.1, 0.15) is 13.2 Å². The topological polar surface area (TPSA) is 93.1 Å². The number of aliphatic hydroxyl groups excluding tert-OH is 2. The summed E-state index contributed by atoms with van der Waals surface area (Å²) in [7, 11) is -1.02. The van der Waals surface area contributed by atoms with Crippen molar-refractivity contribution in [2.24, 2.45) is 0 Å². The number of carbonyl (C=O) groups excluding carboxylic acids is 2. The van der Waals surface area contributed by atoms with Crippen LogP contribution < -0.4 is 0 Å². The van der Waals surface area contributed by atoms with Crippen LogP contribution in [0.15, 0.2) is 0 Å². The lowest BCUT2D eigenvalue weighted by atomic mass is 9.81. The molecule has 0 aliphatic heterocycles. The second kappa shape index (κ2) is 10.1. The monoisotopic (exact) mass is 246 g/mol. The number of unbranched alkanes of at least 4 members (excludes halogenated alkanes) is 3. The molecule has 0 saturated heterocycles. The van der Waals surface area contributed by atoms with E-state index in [-0.39, 0.29) is 0 Å². The molecule has 0 aromatic heterocycles. The molecule has 0 amide bonds. The van der Waals surface area contributed by atoms with Crippen LogP contribution in [-0.4, -0.2) is 42.5 Å². The first kappa shape index (κ1) is 15.9. The molecule has 7 heteroatoms. The molecule has 0 bridgehead atoms. The van der Waals surface area contributed by atoms with Crippen molar-refractivity contribution >= 4 is 19.1 Å². The van der Waals surface area contributed by atoms with Crippen LogP contribution in [-0.2, 0) is 18.9 Å². The zero-order chi connectivity index (χ0) is 13.1. The molecule has 0 spiro atoms. The van der Waals surface area contributed by atoms with Crippen molar-refractivity contribution in [3.8, 4) is 0 Å². The molecule has 17 heavy (non-hydrogen) atoms. The van der Waals surface area contributed by atoms with Crippen LogP contribution in [0.5, 0.6) is 0 Å². The summed E-state index contributed by atoms with van der Waals surface area (Å²) in [5.74, 6) is -1.70. The van der Waals surface area contributed by atoms with Gasteiger partial charge in [0.05, 0.1) is 0 Å². The molecule has 0 aromatic rings. The highest BCUT2D eigenvalue weighted by molar-refractivity contribution is 6.48. The first-order chi connectivity index (χ1) is 8.13. The van der Waals surface area contributed by atoms with Crippen LogP contribution in [0, 0.1) is 0 Å². The summed E-state index contributed by atoms with van der Waals surface area (Å²) in [6, 6.07) is 0. The smallest absolute Gasteiger partial charge is 0.497 e. The third kappa shape index (κ3) is 8.70. The fourth-order valence-corrected chi connectivity index (χ4v) is 1.25. The van der Waals surface area contributed by atoms with Crippen LogP contribution in [0.25, 0.3) is 0 Å². The van der Waals surface area contributed by atoms with Crippen molar-refractivity contribution in [2.75, 3.05) is 13.2 Å². The minimum Gasteiger partial charge on any atom is -0.497 e. The number of hydrogen-bond acceptors (Lipinski definition) is 6. The molecule has 0 heterocycles. The SMILES string of the molecule is CCCCCCB(OC(=O)CO)OC(=O)CO. The van der Waals surface area contributed by atoms with Crippen LogP contribution >= 0.6 is 0 Å². The second-order valence-electron chi connectivity index (χ2n) is 3.57. The molecule has 0 aliphatic rings. The zero-order valence-corrected chi connectivity index (χ0v) is 10.1. The molecule has 0 aromatic carbocycles. The standard InChI is InChI=1S/C10H19BO6/c1-2-3-4-5-6-11(16-9(14)7-12)17-10(15)8-13/h12-13H,2-8H2,1H3. The molecule has 0 atom stereocenters. The van der Waals surface area contributed by atoms with Gasteiger partial charge in [0.2, 0.25) is 0 Å². The van der Waals surface area contributed by atoms with Crippen molar-refractivity contribution < 1.29 is 29.1 Å². The minimum absolute atomic E-state index is 0.373. The van der Waals surface area contributed by atoms with E-state index < -0.39 is 32.3 Å². The van der Waals surface area contributed by atoms with Crippen LogP contribution in [0.2, 0.25) is 6.32 Å². The van der Waals surface area contributed by atoms with Gasteiger partial charge >= 0.3 is 19.1 Å². The van der Waals surface area contributed by atoms with E-state index in [2.05, 4.69) is 6.92 Å². The lowest BCUT2D eigenvalue weighted by Gasteiger charge is -2.12. The molecule has 0 radical (unpaired) electrons. The molecule has 0 unspecified atom stereocenters. The predicted molar refractivity (Wildman–Crippen MR) is 61.1 cm³/mol. The largest absolute Gasteiger partial charge is 0.598 e. The molecule has 2 N–H and O–H groups in total. The van der Waals surface area contributed by atoms with Crippen LogP contribution in [0.3, 0.4) is 0 Å². The van der Waals surface area contributed by atoms with Crippen LogP contribution in [0.4, 0.5) is 0 Å². The normalized spacial score (nSPS) is 9.82.